The van der Waals surface area contributed by atoms with Crippen molar-refractivity contribution < 1.29 is 9.53 Å². The number of benzene rings is 2. The number of carbonyl (C=O) groups is 1. The third-order valence-corrected chi connectivity index (χ3v) is 3.94. The zero-order chi connectivity index (χ0) is 16.2. The van der Waals surface area contributed by atoms with E-state index in [1.807, 2.05) is 36.4 Å². The Morgan fingerprint density at radius 1 is 1.22 bits per heavy atom. The third-order valence-electron chi connectivity index (χ3n) is 3.94. The molecule has 116 valence electrons. The Bertz CT molecular complexity index is 750. The van der Waals surface area contributed by atoms with Crippen LogP contribution in [0.3, 0.4) is 0 Å². The third kappa shape index (κ3) is 2.97. The maximum atomic E-state index is 12.7. The first-order valence-corrected chi connectivity index (χ1v) is 7.44. The summed E-state index contributed by atoms with van der Waals surface area (Å²) in [6.07, 6.45) is 0.719. The Morgan fingerprint density at radius 3 is 2.65 bits per heavy atom. The molecule has 2 aromatic rings. The Labute approximate surface area is 135 Å². The Balaban J connectivity index is 1.75. The molecule has 5 nitrogen and oxygen atoms in total. The van der Waals surface area contributed by atoms with Crippen LogP contribution < -0.4 is 15.0 Å². The van der Waals surface area contributed by atoms with Crippen LogP contribution >= 0.6 is 0 Å². The fourth-order valence-electron chi connectivity index (χ4n) is 2.75. The van der Waals surface area contributed by atoms with E-state index in [2.05, 4.69) is 11.4 Å². The summed E-state index contributed by atoms with van der Waals surface area (Å²) >= 11 is 0. The SMILES string of the molecule is COc1ccccc1N1CCC(Nc2ccc(C#N)cc2)C1=O. The summed E-state index contributed by atoms with van der Waals surface area (Å²) in [6.45, 7) is 0.646. The van der Waals surface area contributed by atoms with Gasteiger partial charge in [0.2, 0.25) is 5.91 Å². The predicted molar refractivity (Wildman–Crippen MR) is 88.5 cm³/mol. The van der Waals surface area contributed by atoms with Crippen molar-refractivity contribution in [1.82, 2.24) is 0 Å². The number of para-hydroxylation sites is 2. The second kappa shape index (κ2) is 6.41. The number of hydrogen-bond acceptors (Lipinski definition) is 4. The number of hydrogen-bond donors (Lipinski definition) is 1. The second-order valence-electron chi connectivity index (χ2n) is 5.34. The molecule has 5 heteroatoms. The molecule has 1 heterocycles. The number of amides is 1. The van der Waals surface area contributed by atoms with E-state index in [4.69, 9.17) is 10.00 Å². The van der Waals surface area contributed by atoms with Crippen molar-refractivity contribution in [2.75, 3.05) is 23.9 Å². The van der Waals surface area contributed by atoms with Crippen LogP contribution in [0.25, 0.3) is 0 Å². The van der Waals surface area contributed by atoms with E-state index in [0.29, 0.717) is 17.9 Å². The fourth-order valence-corrected chi connectivity index (χ4v) is 2.75. The van der Waals surface area contributed by atoms with Crippen molar-refractivity contribution >= 4 is 17.3 Å². The molecular weight excluding hydrogens is 290 g/mol. The number of nitrogens with one attached hydrogen (secondary N) is 1. The van der Waals surface area contributed by atoms with Gasteiger partial charge in [-0.1, -0.05) is 12.1 Å². The standard InChI is InChI=1S/C18H17N3O2/c1-23-17-5-3-2-4-16(17)21-11-10-15(18(21)22)20-14-8-6-13(12-19)7-9-14/h2-9,15,20H,10-11H2,1H3. The Morgan fingerprint density at radius 2 is 1.96 bits per heavy atom. The minimum absolute atomic E-state index is 0.0267. The molecular formula is C18H17N3O2. The summed E-state index contributed by atoms with van der Waals surface area (Å²) in [4.78, 5) is 14.4. The molecule has 1 saturated heterocycles. The average molecular weight is 307 g/mol. The molecule has 1 aliphatic rings. The molecule has 0 spiro atoms. The van der Waals surface area contributed by atoms with Crippen LogP contribution in [0.1, 0.15) is 12.0 Å². The van der Waals surface area contributed by atoms with E-state index >= 15 is 0 Å². The molecule has 0 aromatic heterocycles. The van der Waals surface area contributed by atoms with Crippen LogP contribution in [0, 0.1) is 11.3 Å². The van der Waals surface area contributed by atoms with Gasteiger partial charge in [0.15, 0.2) is 0 Å². The van der Waals surface area contributed by atoms with Gasteiger partial charge in [-0.25, -0.2) is 0 Å². The number of nitriles is 1. The fraction of sp³-hybridized carbons (Fsp3) is 0.222. The summed E-state index contributed by atoms with van der Waals surface area (Å²) in [5, 5.41) is 12.1. The summed E-state index contributed by atoms with van der Waals surface area (Å²) in [5.41, 5.74) is 2.23. The number of carbonyl (C=O) groups excluding carboxylic acids is 1. The minimum atomic E-state index is -0.271. The molecule has 3 rings (SSSR count). The summed E-state index contributed by atoms with van der Waals surface area (Å²) in [7, 11) is 1.60. The summed E-state index contributed by atoms with van der Waals surface area (Å²) in [6, 6.07) is 16.4. The van der Waals surface area contributed by atoms with Gasteiger partial charge < -0.3 is 15.0 Å². The highest BCUT2D eigenvalue weighted by Crippen LogP contribution is 2.31. The van der Waals surface area contributed by atoms with Gasteiger partial charge in [-0.2, -0.15) is 5.26 Å². The van der Waals surface area contributed by atoms with Crippen molar-refractivity contribution in [3.63, 3.8) is 0 Å². The van der Waals surface area contributed by atoms with Gasteiger partial charge in [0, 0.05) is 12.2 Å². The maximum Gasteiger partial charge on any atom is 0.249 e. The Hall–Kier alpha value is -3.00. The van der Waals surface area contributed by atoms with E-state index in [0.717, 1.165) is 17.8 Å². The van der Waals surface area contributed by atoms with Crippen molar-refractivity contribution in [2.45, 2.75) is 12.5 Å². The number of ether oxygens (including phenoxy) is 1. The molecule has 1 fully saturated rings. The summed E-state index contributed by atoms with van der Waals surface area (Å²) in [5.74, 6) is 0.721. The van der Waals surface area contributed by atoms with Crippen LogP contribution in [0.2, 0.25) is 0 Å². The van der Waals surface area contributed by atoms with Crippen LogP contribution in [-0.2, 0) is 4.79 Å². The van der Waals surface area contributed by atoms with Crippen molar-refractivity contribution in [3.05, 3.63) is 54.1 Å². The van der Waals surface area contributed by atoms with Crippen molar-refractivity contribution in [3.8, 4) is 11.8 Å². The molecule has 2 aromatic carbocycles. The lowest BCUT2D eigenvalue weighted by Gasteiger charge is -2.20. The van der Waals surface area contributed by atoms with Gasteiger partial charge in [0.25, 0.3) is 0 Å². The van der Waals surface area contributed by atoms with Crippen molar-refractivity contribution in [1.29, 1.82) is 5.26 Å². The topological polar surface area (TPSA) is 65.4 Å². The molecule has 0 bridgehead atoms. The minimum Gasteiger partial charge on any atom is -0.495 e. The molecule has 0 aliphatic carbocycles. The monoisotopic (exact) mass is 307 g/mol. The van der Waals surface area contributed by atoms with E-state index < -0.39 is 0 Å². The van der Waals surface area contributed by atoms with Crippen LogP contribution in [0.4, 0.5) is 11.4 Å². The van der Waals surface area contributed by atoms with Crippen LogP contribution in [0.15, 0.2) is 48.5 Å². The predicted octanol–water partition coefficient (Wildman–Crippen LogP) is 2.78. The smallest absolute Gasteiger partial charge is 0.249 e. The number of methoxy groups -OCH3 is 1. The van der Waals surface area contributed by atoms with Crippen molar-refractivity contribution in [2.24, 2.45) is 0 Å². The zero-order valence-corrected chi connectivity index (χ0v) is 12.8. The normalized spacial score (nSPS) is 17.0. The lowest BCUT2D eigenvalue weighted by atomic mass is 10.2. The second-order valence-corrected chi connectivity index (χ2v) is 5.34. The highest BCUT2D eigenvalue weighted by atomic mass is 16.5. The van der Waals surface area contributed by atoms with Crippen LogP contribution in [0.5, 0.6) is 5.75 Å². The number of anilines is 2. The molecule has 0 radical (unpaired) electrons. The van der Waals surface area contributed by atoms with E-state index in [9.17, 15) is 4.79 Å². The first-order valence-electron chi connectivity index (χ1n) is 7.44. The van der Waals surface area contributed by atoms with Gasteiger partial charge in [0.05, 0.1) is 24.4 Å². The van der Waals surface area contributed by atoms with E-state index in [-0.39, 0.29) is 11.9 Å². The average Bonchev–Trinajstić information content (AvgIpc) is 2.96. The zero-order valence-electron chi connectivity index (χ0n) is 12.8. The van der Waals surface area contributed by atoms with Gasteiger partial charge in [-0.15, -0.1) is 0 Å². The molecule has 1 unspecified atom stereocenters. The highest BCUT2D eigenvalue weighted by molar-refractivity contribution is 6.02. The van der Waals surface area contributed by atoms with Crippen LogP contribution in [-0.4, -0.2) is 25.6 Å². The van der Waals surface area contributed by atoms with Gasteiger partial charge in [-0.05, 0) is 42.8 Å². The molecule has 23 heavy (non-hydrogen) atoms. The lowest BCUT2D eigenvalue weighted by molar-refractivity contribution is -0.117. The highest BCUT2D eigenvalue weighted by Gasteiger charge is 2.33. The first kappa shape index (κ1) is 14.9. The lowest BCUT2D eigenvalue weighted by Crippen LogP contribution is -2.33. The Kier molecular flexibility index (Phi) is 4.15. The molecule has 1 aliphatic heterocycles. The van der Waals surface area contributed by atoms with E-state index in [1.165, 1.54) is 0 Å². The molecule has 0 saturated carbocycles. The van der Waals surface area contributed by atoms with E-state index in [1.54, 1.807) is 24.1 Å². The number of rotatable bonds is 4. The van der Waals surface area contributed by atoms with Gasteiger partial charge >= 0.3 is 0 Å². The summed E-state index contributed by atoms with van der Waals surface area (Å²) < 4.78 is 5.34. The quantitative estimate of drug-likeness (QED) is 0.943. The molecule has 1 N–H and O–H groups in total. The van der Waals surface area contributed by atoms with Gasteiger partial charge in [-0.3, -0.25) is 4.79 Å². The number of nitrogens with zero attached hydrogens (tertiary/aromatic N) is 2. The first-order chi connectivity index (χ1) is 11.2. The largest absolute Gasteiger partial charge is 0.495 e. The maximum absolute atomic E-state index is 12.7. The molecule has 1 amide bonds. The van der Waals surface area contributed by atoms with Gasteiger partial charge in [0.1, 0.15) is 11.8 Å². The molecule has 1 atom stereocenters.